The molecular weight excluding hydrogens is 252 g/mol. The number of fused-ring (bicyclic) bond motifs is 1. The van der Waals surface area contributed by atoms with Gasteiger partial charge in [-0.1, -0.05) is 12.1 Å². The summed E-state index contributed by atoms with van der Waals surface area (Å²) in [6, 6.07) is 10.2. The summed E-state index contributed by atoms with van der Waals surface area (Å²) in [5.41, 5.74) is 2.27. The summed E-state index contributed by atoms with van der Waals surface area (Å²) in [6.07, 6.45) is 4.58. The number of pyridine rings is 1. The molecule has 0 spiro atoms. The van der Waals surface area contributed by atoms with Crippen molar-refractivity contribution in [3.05, 3.63) is 53.9 Å². The molecule has 1 N–H and O–H groups in total. The molecule has 2 aromatic rings. The zero-order valence-corrected chi connectivity index (χ0v) is 11.5. The van der Waals surface area contributed by atoms with E-state index in [4.69, 9.17) is 9.47 Å². The molecule has 2 heterocycles. The van der Waals surface area contributed by atoms with Gasteiger partial charge in [0.1, 0.15) is 0 Å². The summed E-state index contributed by atoms with van der Waals surface area (Å²) >= 11 is 0. The lowest BCUT2D eigenvalue weighted by Crippen LogP contribution is -2.17. The van der Waals surface area contributed by atoms with Gasteiger partial charge in [-0.05, 0) is 36.4 Å². The molecule has 1 aromatic carbocycles. The highest BCUT2D eigenvalue weighted by atomic mass is 16.5. The Balaban J connectivity index is 1.94. The minimum Gasteiger partial charge on any atom is -0.490 e. The molecule has 0 amide bonds. The first kappa shape index (κ1) is 12.9. The summed E-state index contributed by atoms with van der Waals surface area (Å²) in [5, 5.41) is 3.32. The van der Waals surface area contributed by atoms with Crippen LogP contribution in [0.25, 0.3) is 0 Å². The predicted molar refractivity (Wildman–Crippen MR) is 77.2 cm³/mol. The van der Waals surface area contributed by atoms with E-state index in [0.29, 0.717) is 13.2 Å². The fourth-order valence-corrected chi connectivity index (χ4v) is 2.43. The lowest BCUT2D eigenvalue weighted by atomic mass is 10.00. The summed E-state index contributed by atoms with van der Waals surface area (Å²) in [4.78, 5) is 4.19. The maximum atomic E-state index is 5.75. The fraction of sp³-hybridized carbons (Fsp3) is 0.312. The van der Waals surface area contributed by atoms with Crippen molar-refractivity contribution in [2.75, 3.05) is 20.3 Å². The molecule has 1 aromatic heterocycles. The Labute approximate surface area is 118 Å². The van der Waals surface area contributed by atoms with Crippen molar-refractivity contribution in [1.29, 1.82) is 0 Å². The molecule has 0 aliphatic carbocycles. The van der Waals surface area contributed by atoms with E-state index in [0.717, 1.165) is 29.0 Å². The lowest BCUT2D eigenvalue weighted by Gasteiger charge is -2.18. The van der Waals surface area contributed by atoms with E-state index in [-0.39, 0.29) is 6.04 Å². The Morgan fingerprint density at radius 1 is 1.10 bits per heavy atom. The second-order valence-electron chi connectivity index (χ2n) is 4.76. The smallest absolute Gasteiger partial charge is 0.161 e. The molecule has 0 bridgehead atoms. The van der Waals surface area contributed by atoms with Crippen molar-refractivity contribution in [3.8, 4) is 11.5 Å². The molecule has 0 saturated heterocycles. The maximum Gasteiger partial charge on any atom is 0.161 e. The van der Waals surface area contributed by atoms with Crippen LogP contribution in [-0.2, 0) is 0 Å². The summed E-state index contributed by atoms with van der Waals surface area (Å²) in [7, 11) is 1.95. The Morgan fingerprint density at radius 2 is 1.95 bits per heavy atom. The van der Waals surface area contributed by atoms with E-state index >= 15 is 0 Å². The molecule has 4 heteroatoms. The summed E-state index contributed by atoms with van der Waals surface area (Å²) in [5.74, 6) is 1.65. The predicted octanol–water partition coefficient (Wildman–Crippen LogP) is 2.55. The van der Waals surface area contributed by atoms with Gasteiger partial charge in [-0.3, -0.25) is 4.98 Å². The van der Waals surface area contributed by atoms with Crippen LogP contribution in [0, 0.1) is 0 Å². The average Bonchev–Trinajstić information content (AvgIpc) is 2.74. The fourth-order valence-electron chi connectivity index (χ4n) is 2.43. The number of nitrogens with one attached hydrogen (secondary N) is 1. The zero-order chi connectivity index (χ0) is 13.8. The molecule has 20 heavy (non-hydrogen) atoms. The van der Waals surface area contributed by atoms with Gasteiger partial charge in [0.15, 0.2) is 11.5 Å². The number of aromatic nitrogens is 1. The number of ether oxygens (including phenoxy) is 2. The molecule has 104 valence electrons. The van der Waals surface area contributed by atoms with Gasteiger partial charge in [-0.15, -0.1) is 0 Å². The SMILES string of the molecule is CNC(c1cccnc1)c1ccc2c(c1)OCCCO2. The van der Waals surface area contributed by atoms with Crippen LogP contribution in [0.2, 0.25) is 0 Å². The Bertz CT molecular complexity index is 572. The van der Waals surface area contributed by atoms with Crippen LogP contribution < -0.4 is 14.8 Å². The third kappa shape index (κ3) is 2.60. The van der Waals surface area contributed by atoms with Crippen molar-refractivity contribution in [2.45, 2.75) is 12.5 Å². The van der Waals surface area contributed by atoms with Crippen molar-refractivity contribution in [2.24, 2.45) is 0 Å². The van der Waals surface area contributed by atoms with E-state index in [9.17, 15) is 0 Å². The first-order valence-corrected chi connectivity index (χ1v) is 6.85. The summed E-state index contributed by atoms with van der Waals surface area (Å²) < 4.78 is 11.4. The van der Waals surface area contributed by atoms with Crippen LogP contribution in [0.15, 0.2) is 42.7 Å². The molecule has 1 aliphatic rings. The van der Waals surface area contributed by atoms with E-state index in [1.807, 2.05) is 25.4 Å². The van der Waals surface area contributed by atoms with Crippen molar-refractivity contribution in [1.82, 2.24) is 10.3 Å². The second kappa shape index (κ2) is 5.92. The van der Waals surface area contributed by atoms with Gasteiger partial charge in [-0.2, -0.15) is 0 Å². The van der Waals surface area contributed by atoms with Gasteiger partial charge in [0.2, 0.25) is 0 Å². The molecule has 4 nitrogen and oxygen atoms in total. The largest absolute Gasteiger partial charge is 0.490 e. The molecule has 1 unspecified atom stereocenters. The molecular formula is C16H18N2O2. The highest BCUT2D eigenvalue weighted by Gasteiger charge is 2.16. The quantitative estimate of drug-likeness (QED) is 0.931. The van der Waals surface area contributed by atoms with Crippen LogP contribution in [0.4, 0.5) is 0 Å². The molecule has 0 fully saturated rings. The van der Waals surface area contributed by atoms with Crippen molar-refractivity contribution in [3.63, 3.8) is 0 Å². The normalized spacial score (nSPS) is 15.4. The monoisotopic (exact) mass is 270 g/mol. The Morgan fingerprint density at radius 3 is 2.70 bits per heavy atom. The van der Waals surface area contributed by atoms with E-state index in [1.54, 1.807) is 6.20 Å². The number of rotatable bonds is 3. The minimum absolute atomic E-state index is 0.0980. The standard InChI is InChI=1S/C16H18N2O2/c1-17-16(13-4-2-7-18-11-13)12-5-6-14-15(10-12)20-9-3-8-19-14/h2,4-7,10-11,16-17H,3,8-9H2,1H3. The molecule has 3 rings (SSSR count). The van der Waals surface area contributed by atoms with Crippen LogP contribution >= 0.6 is 0 Å². The first-order chi connectivity index (χ1) is 9.88. The maximum absolute atomic E-state index is 5.75. The average molecular weight is 270 g/mol. The summed E-state index contributed by atoms with van der Waals surface area (Å²) in [6.45, 7) is 1.41. The van der Waals surface area contributed by atoms with Crippen molar-refractivity contribution < 1.29 is 9.47 Å². The van der Waals surface area contributed by atoms with E-state index < -0.39 is 0 Å². The third-order valence-corrected chi connectivity index (χ3v) is 3.41. The minimum atomic E-state index is 0.0980. The highest BCUT2D eigenvalue weighted by Crippen LogP contribution is 2.33. The molecule has 0 radical (unpaired) electrons. The van der Waals surface area contributed by atoms with Crippen LogP contribution in [0.5, 0.6) is 11.5 Å². The highest BCUT2D eigenvalue weighted by molar-refractivity contribution is 5.46. The van der Waals surface area contributed by atoms with Crippen molar-refractivity contribution >= 4 is 0 Å². The van der Waals surface area contributed by atoms with Gasteiger partial charge in [0.05, 0.1) is 19.3 Å². The van der Waals surface area contributed by atoms with Gasteiger partial charge in [0.25, 0.3) is 0 Å². The molecule has 0 saturated carbocycles. The van der Waals surface area contributed by atoms with Gasteiger partial charge in [0, 0.05) is 18.8 Å². The molecule has 1 aliphatic heterocycles. The van der Waals surface area contributed by atoms with Gasteiger partial charge in [-0.25, -0.2) is 0 Å². The number of hydrogen-bond donors (Lipinski definition) is 1. The number of benzene rings is 1. The number of hydrogen-bond acceptors (Lipinski definition) is 4. The van der Waals surface area contributed by atoms with E-state index in [1.165, 1.54) is 0 Å². The topological polar surface area (TPSA) is 43.4 Å². The Kier molecular flexibility index (Phi) is 3.83. The molecule has 1 atom stereocenters. The second-order valence-corrected chi connectivity index (χ2v) is 4.76. The zero-order valence-electron chi connectivity index (χ0n) is 11.5. The third-order valence-electron chi connectivity index (χ3n) is 3.41. The number of nitrogens with zero attached hydrogens (tertiary/aromatic N) is 1. The Hall–Kier alpha value is -2.07. The van der Waals surface area contributed by atoms with Gasteiger partial charge >= 0.3 is 0 Å². The van der Waals surface area contributed by atoms with Gasteiger partial charge < -0.3 is 14.8 Å². The van der Waals surface area contributed by atoms with Crippen LogP contribution in [0.3, 0.4) is 0 Å². The van der Waals surface area contributed by atoms with Crippen LogP contribution in [0.1, 0.15) is 23.6 Å². The van der Waals surface area contributed by atoms with E-state index in [2.05, 4.69) is 28.5 Å². The lowest BCUT2D eigenvalue weighted by molar-refractivity contribution is 0.297. The first-order valence-electron chi connectivity index (χ1n) is 6.85. The van der Waals surface area contributed by atoms with Crippen LogP contribution in [-0.4, -0.2) is 25.2 Å².